The monoisotopic (exact) mass is 136 g/mol. The van der Waals surface area contributed by atoms with Gasteiger partial charge in [-0.3, -0.25) is 0 Å². The van der Waals surface area contributed by atoms with Gasteiger partial charge in [0.15, 0.2) is 0 Å². The van der Waals surface area contributed by atoms with Gasteiger partial charge in [-0.15, -0.1) is 6.58 Å². The number of rotatable bonds is 3. The minimum Gasteiger partial charge on any atom is -0.313 e. The predicted octanol–water partition coefficient (Wildman–Crippen LogP) is 2.19. The van der Waals surface area contributed by atoms with Gasteiger partial charge in [0.2, 0.25) is 0 Å². The Morgan fingerprint density at radius 3 is 2.22 bits per heavy atom. The van der Waals surface area contributed by atoms with E-state index >= 15 is 0 Å². The standard InChI is InChI=1S/C6H10F2O/c1-4-5(2)9-6(3,7)8/h4-5H,1H2,2-3H3. The summed E-state index contributed by atoms with van der Waals surface area (Å²) in [5.41, 5.74) is 0. The molecule has 1 unspecified atom stereocenters. The van der Waals surface area contributed by atoms with E-state index in [-0.39, 0.29) is 0 Å². The Hall–Kier alpha value is -0.440. The lowest BCUT2D eigenvalue weighted by Crippen LogP contribution is -2.20. The first kappa shape index (κ1) is 8.56. The fraction of sp³-hybridized carbons (Fsp3) is 0.667. The number of halogens is 2. The average molecular weight is 136 g/mol. The van der Waals surface area contributed by atoms with E-state index in [0.29, 0.717) is 6.92 Å². The van der Waals surface area contributed by atoms with E-state index in [1.807, 2.05) is 0 Å². The summed E-state index contributed by atoms with van der Waals surface area (Å²) in [5.74, 6) is 0. The second-order valence-corrected chi connectivity index (χ2v) is 1.87. The van der Waals surface area contributed by atoms with Crippen molar-refractivity contribution in [3.05, 3.63) is 12.7 Å². The molecule has 0 fully saturated rings. The Kier molecular flexibility index (Phi) is 2.77. The summed E-state index contributed by atoms with van der Waals surface area (Å²) in [5, 5.41) is 0. The van der Waals surface area contributed by atoms with Crippen LogP contribution >= 0.6 is 0 Å². The Morgan fingerprint density at radius 1 is 1.67 bits per heavy atom. The van der Waals surface area contributed by atoms with Crippen molar-refractivity contribution in [2.24, 2.45) is 0 Å². The SMILES string of the molecule is C=CC(C)OC(C)(F)F. The van der Waals surface area contributed by atoms with Crippen molar-refractivity contribution < 1.29 is 13.5 Å². The molecule has 1 atom stereocenters. The largest absolute Gasteiger partial charge is 0.353 e. The highest BCUT2D eigenvalue weighted by atomic mass is 19.3. The highest BCUT2D eigenvalue weighted by Crippen LogP contribution is 2.15. The first-order chi connectivity index (χ1) is 3.95. The summed E-state index contributed by atoms with van der Waals surface area (Å²) in [4.78, 5) is 0. The van der Waals surface area contributed by atoms with Crippen molar-refractivity contribution in [2.45, 2.75) is 26.1 Å². The molecule has 9 heavy (non-hydrogen) atoms. The Balaban J connectivity index is 3.59. The van der Waals surface area contributed by atoms with Crippen molar-refractivity contribution >= 4 is 0 Å². The van der Waals surface area contributed by atoms with Crippen molar-refractivity contribution in [1.29, 1.82) is 0 Å². The molecule has 0 aliphatic rings. The Labute approximate surface area is 53.3 Å². The van der Waals surface area contributed by atoms with Gasteiger partial charge in [-0.1, -0.05) is 6.08 Å². The highest BCUT2D eigenvalue weighted by Gasteiger charge is 2.23. The molecule has 0 N–H and O–H groups in total. The molecule has 54 valence electrons. The molecule has 0 aromatic carbocycles. The van der Waals surface area contributed by atoms with Gasteiger partial charge in [0, 0.05) is 6.92 Å². The second-order valence-electron chi connectivity index (χ2n) is 1.87. The third kappa shape index (κ3) is 5.43. The first-order valence-corrected chi connectivity index (χ1v) is 2.64. The normalized spacial score (nSPS) is 15.1. The first-order valence-electron chi connectivity index (χ1n) is 2.64. The van der Waals surface area contributed by atoms with E-state index in [1.165, 1.54) is 13.0 Å². The lowest BCUT2D eigenvalue weighted by molar-refractivity contribution is -0.237. The Bertz CT molecular complexity index is 95.7. The van der Waals surface area contributed by atoms with Crippen molar-refractivity contribution in [1.82, 2.24) is 0 Å². The summed E-state index contributed by atoms with van der Waals surface area (Å²) in [6.45, 7) is 5.49. The molecular formula is C6H10F2O. The van der Waals surface area contributed by atoms with Gasteiger partial charge >= 0.3 is 6.11 Å². The predicted molar refractivity (Wildman–Crippen MR) is 31.4 cm³/mol. The van der Waals surface area contributed by atoms with Gasteiger partial charge in [0.05, 0.1) is 6.10 Å². The molecule has 0 aromatic heterocycles. The van der Waals surface area contributed by atoms with Crippen LogP contribution in [0.3, 0.4) is 0 Å². The maximum Gasteiger partial charge on any atom is 0.353 e. The van der Waals surface area contributed by atoms with E-state index in [2.05, 4.69) is 11.3 Å². The van der Waals surface area contributed by atoms with Crippen LogP contribution in [0.5, 0.6) is 0 Å². The molecule has 0 saturated carbocycles. The molecule has 0 aromatic rings. The molecule has 0 radical (unpaired) electrons. The lowest BCUT2D eigenvalue weighted by atomic mass is 10.4. The molecule has 0 aliphatic carbocycles. The van der Waals surface area contributed by atoms with E-state index in [4.69, 9.17) is 0 Å². The van der Waals surface area contributed by atoms with Gasteiger partial charge < -0.3 is 4.74 Å². The molecule has 0 aliphatic heterocycles. The number of hydrogen-bond donors (Lipinski definition) is 0. The van der Waals surface area contributed by atoms with Crippen molar-refractivity contribution in [3.63, 3.8) is 0 Å². The molecule has 0 amide bonds. The third-order valence-corrected chi connectivity index (χ3v) is 0.725. The van der Waals surface area contributed by atoms with Crippen LogP contribution in [0.4, 0.5) is 8.78 Å². The van der Waals surface area contributed by atoms with Gasteiger partial charge in [-0.25, -0.2) is 0 Å². The fourth-order valence-corrected chi connectivity index (χ4v) is 0.375. The zero-order chi connectivity index (χ0) is 7.49. The molecule has 0 bridgehead atoms. The van der Waals surface area contributed by atoms with Gasteiger partial charge in [0.25, 0.3) is 0 Å². The average Bonchev–Trinajstić information content (AvgIpc) is 1.62. The van der Waals surface area contributed by atoms with Crippen LogP contribution in [0.1, 0.15) is 13.8 Å². The Morgan fingerprint density at radius 2 is 2.11 bits per heavy atom. The van der Waals surface area contributed by atoms with Crippen LogP contribution in [0, 0.1) is 0 Å². The van der Waals surface area contributed by atoms with Gasteiger partial charge in [-0.05, 0) is 6.92 Å². The molecule has 0 heterocycles. The smallest absolute Gasteiger partial charge is 0.313 e. The van der Waals surface area contributed by atoms with E-state index in [0.717, 1.165) is 0 Å². The second kappa shape index (κ2) is 2.92. The molecular weight excluding hydrogens is 126 g/mol. The van der Waals surface area contributed by atoms with E-state index in [9.17, 15) is 8.78 Å². The summed E-state index contributed by atoms with van der Waals surface area (Å²) in [7, 11) is 0. The summed E-state index contributed by atoms with van der Waals surface area (Å²) >= 11 is 0. The maximum absolute atomic E-state index is 11.9. The third-order valence-electron chi connectivity index (χ3n) is 0.725. The zero-order valence-electron chi connectivity index (χ0n) is 5.53. The molecule has 0 spiro atoms. The lowest BCUT2D eigenvalue weighted by Gasteiger charge is -2.14. The number of ether oxygens (including phenoxy) is 1. The maximum atomic E-state index is 11.9. The molecule has 1 nitrogen and oxygen atoms in total. The summed E-state index contributed by atoms with van der Waals surface area (Å²) < 4.78 is 27.9. The quantitative estimate of drug-likeness (QED) is 0.540. The van der Waals surface area contributed by atoms with Crippen LogP contribution in [-0.2, 0) is 4.74 Å². The van der Waals surface area contributed by atoms with Crippen LogP contribution in [0.25, 0.3) is 0 Å². The number of hydrogen-bond acceptors (Lipinski definition) is 1. The topological polar surface area (TPSA) is 9.23 Å². The zero-order valence-corrected chi connectivity index (χ0v) is 5.53. The summed E-state index contributed by atoms with van der Waals surface area (Å²) in [6, 6.07) is 0. The van der Waals surface area contributed by atoms with E-state index in [1.54, 1.807) is 0 Å². The highest BCUT2D eigenvalue weighted by molar-refractivity contribution is 4.75. The van der Waals surface area contributed by atoms with Crippen LogP contribution < -0.4 is 0 Å². The van der Waals surface area contributed by atoms with Crippen LogP contribution in [0.2, 0.25) is 0 Å². The van der Waals surface area contributed by atoms with Gasteiger partial charge in [0.1, 0.15) is 0 Å². The summed E-state index contributed by atoms with van der Waals surface area (Å²) in [6.07, 6.45) is -2.32. The van der Waals surface area contributed by atoms with Gasteiger partial charge in [-0.2, -0.15) is 8.78 Å². The van der Waals surface area contributed by atoms with Crippen LogP contribution in [-0.4, -0.2) is 12.2 Å². The molecule has 0 saturated heterocycles. The number of alkyl halides is 2. The van der Waals surface area contributed by atoms with Crippen LogP contribution in [0.15, 0.2) is 12.7 Å². The minimum absolute atomic E-state index is 0.593. The van der Waals surface area contributed by atoms with Crippen molar-refractivity contribution in [3.8, 4) is 0 Å². The fourth-order valence-electron chi connectivity index (χ4n) is 0.375. The molecule has 0 rings (SSSR count). The minimum atomic E-state index is -3.05. The van der Waals surface area contributed by atoms with E-state index < -0.39 is 12.2 Å². The van der Waals surface area contributed by atoms with Crippen molar-refractivity contribution in [2.75, 3.05) is 0 Å². The molecule has 3 heteroatoms.